The third-order valence-corrected chi connectivity index (χ3v) is 5.61. The number of hydrogen-bond donors (Lipinski definition) is 0. The fraction of sp³-hybridized carbons (Fsp3) is 0.600. The molecule has 1 aromatic rings. The highest BCUT2D eigenvalue weighted by atomic mass is 31.2. The monoisotopic (exact) mass is 379 g/mol. The molecule has 2 rings (SSSR count). The van der Waals surface area contributed by atoms with Crippen molar-refractivity contribution in [3.05, 3.63) is 35.9 Å². The van der Waals surface area contributed by atoms with Crippen LogP contribution in [0.3, 0.4) is 0 Å². The molecular formula is C20H30NO4P. The normalized spacial score (nSPS) is 15.8. The van der Waals surface area contributed by atoms with Crippen LogP contribution in [0.15, 0.2) is 35.3 Å². The van der Waals surface area contributed by atoms with E-state index in [9.17, 15) is 4.57 Å². The zero-order valence-electron chi connectivity index (χ0n) is 16.2. The maximum Gasteiger partial charge on any atom is 0.531 e. The van der Waals surface area contributed by atoms with Crippen molar-refractivity contribution in [1.82, 2.24) is 0 Å². The van der Waals surface area contributed by atoms with E-state index < -0.39 is 7.82 Å². The van der Waals surface area contributed by atoms with Crippen molar-refractivity contribution in [3.8, 4) is 0 Å². The van der Waals surface area contributed by atoms with E-state index in [1.54, 1.807) is 27.7 Å². The summed E-state index contributed by atoms with van der Waals surface area (Å²) in [6, 6.07) is 9.66. The lowest BCUT2D eigenvalue weighted by atomic mass is 9.96. The van der Waals surface area contributed by atoms with E-state index in [0.29, 0.717) is 5.76 Å². The lowest BCUT2D eigenvalue weighted by molar-refractivity contribution is 0.0979. The molecule has 1 fully saturated rings. The van der Waals surface area contributed by atoms with Crippen molar-refractivity contribution >= 4 is 19.5 Å². The maximum atomic E-state index is 13.1. The highest BCUT2D eigenvalue weighted by molar-refractivity contribution is 7.48. The zero-order chi connectivity index (χ0) is 19.0. The summed E-state index contributed by atoms with van der Waals surface area (Å²) in [5.41, 5.74) is 0.743. The minimum Gasteiger partial charge on any atom is -0.393 e. The average Bonchev–Trinajstić information content (AvgIpc) is 2.59. The lowest BCUT2D eigenvalue weighted by Crippen LogP contribution is -2.11. The van der Waals surface area contributed by atoms with Gasteiger partial charge in [0.25, 0.3) is 0 Å². The summed E-state index contributed by atoms with van der Waals surface area (Å²) < 4.78 is 29.9. The Kier molecular flexibility index (Phi) is 8.12. The minimum atomic E-state index is -3.78. The fourth-order valence-electron chi connectivity index (χ4n) is 2.78. The van der Waals surface area contributed by atoms with Gasteiger partial charge in [0.15, 0.2) is 5.76 Å². The van der Waals surface area contributed by atoms with Crippen LogP contribution in [0.2, 0.25) is 0 Å². The molecule has 0 atom stereocenters. The zero-order valence-corrected chi connectivity index (χ0v) is 17.1. The van der Waals surface area contributed by atoms with Gasteiger partial charge in [0.1, 0.15) is 0 Å². The Hall–Kier alpha value is -1.38. The van der Waals surface area contributed by atoms with Gasteiger partial charge in [-0.15, -0.1) is 0 Å². The van der Waals surface area contributed by atoms with Crippen LogP contribution in [0.25, 0.3) is 5.76 Å². The molecule has 0 amide bonds. The molecule has 144 valence electrons. The van der Waals surface area contributed by atoms with Crippen LogP contribution in [0.4, 0.5) is 0 Å². The first-order valence-corrected chi connectivity index (χ1v) is 10.9. The van der Waals surface area contributed by atoms with Gasteiger partial charge in [0, 0.05) is 11.4 Å². The summed E-state index contributed by atoms with van der Waals surface area (Å²) in [6.45, 7) is 7.17. The summed E-state index contributed by atoms with van der Waals surface area (Å²) in [4.78, 5) is 4.56. The third-order valence-electron chi connectivity index (χ3n) is 3.84. The molecule has 0 saturated heterocycles. The molecule has 26 heavy (non-hydrogen) atoms. The van der Waals surface area contributed by atoms with Gasteiger partial charge in [-0.05, 0) is 40.5 Å². The highest BCUT2D eigenvalue weighted by Gasteiger charge is 2.33. The van der Waals surface area contributed by atoms with Gasteiger partial charge >= 0.3 is 7.82 Å². The van der Waals surface area contributed by atoms with Crippen molar-refractivity contribution in [2.24, 2.45) is 4.99 Å². The molecule has 0 spiro atoms. The van der Waals surface area contributed by atoms with Gasteiger partial charge in [-0.1, -0.05) is 49.6 Å². The smallest absolute Gasteiger partial charge is 0.393 e. The van der Waals surface area contributed by atoms with E-state index in [-0.39, 0.29) is 18.2 Å². The van der Waals surface area contributed by atoms with Crippen LogP contribution in [0, 0.1) is 0 Å². The number of hydrogen-bond acceptors (Lipinski definition) is 5. The van der Waals surface area contributed by atoms with Gasteiger partial charge in [-0.3, -0.25) is 9.05 Å². The molecule has 0 bridgehead atoms. The number of rotatable bonds is 8. The Morgan fingerprint density at radius 3 is 2.15 bits per heavy atom. The van der Waals surface area contributed by atoms with Crippen molar-refractivity contribution in [3.63, 3.8) is 0 Å². The maximum absolute atomic E-state index is 13.1. The number of benzene rings is 1. The first kappa shape index (κ1) is 20.9. The number of phosphoric ester groups is 1. The largest absolute Gasteiger partial charge is 0.531 e. The van der Waals surface area contributed by atoms with Gasteiger partial charge in [-0.2, -0.15) is 0 Å². The molecule has 0 unspecified atom stereocenters. The Morgan fingerprint density at radius 1 is 1.04 bits per heavy atom. The van der Waals surface area contributed by atoms with Crippen molar-refractivity contribution in [1.29, 1.82) is 0 Å². The quantitative estimate of drug-likeness (QED) is 0.315. The molecule has 0 aliphatic heterocycles. The summed E-state index contributed by atoms with van der Waals surface area (Å²) >= 11 is 0. The lowest BCUT2D eigenvalue weighted by Gasteiger charge is -2.22. The summed E-state index contributed by atoms with van der Waals surface area (Å²) in [5, 5.41) is 0. The van der Waals surface area contributed by atoms with E-state index in [0.717, 1.165) is 18.4 Å². The van der Waals surface area contributed by atoms with Gasteiger partial charge < -0.3 is 4.52 Å². The molecule has 1 aromatic carbocycles. The second-order valence-electron chi connectivity index (χ2n) is 7.07. The molecular weight excluding hydrogens is 349 g/mol. The van der Waals surface area contributed by atoms with E-state index in [2.05, 4.69) is 10.9 Å². The molecule has 0 radical (unpaired) electrons. The molecule has 1 aliphatic carbocycles. The third kappa shape index (κ3) is 7.09. The average molecular weight is 379 g/mol. The van der Waals surface area contributed by atoms with Gasteiger partial charge in [0.2, 0.25) is 0 Å². The molecule has 5 nitrogen and oxygen atoms in total. The minimum absolute atomic E-state index is 0.238. The standard InChI is InChI=1S/C20H30NO4P/c1-16(2)23-26(22,24-17(3)4)25-20(18-11-7-5-8-12-18)15-21-19-13-9-6-10-14-19/h5,7-8,11-12,16-17,19H,6,9-10,13-14H2,1-4H3. The van der Waals surface area contributed by atoms with Crippen molar-refractivity contribution < 1.29 is 18.1 Å². The van der Waals surface area contributed by atoms with Gasteiger partial charge in [0.05, 0.1) is 18.2 Å². The van der Waals surface area contributed by atoms with Crippen molar-refractivity contribution in [2.75, 3.05) is 0 Å². The number of nitrogens with zero attached hydrogens (tertiary/aromatic N) is 1. The first-order valence-electron chi connectivity index (χ1n) is 9.42. The molecule has 0 N–H and O–H groups in total. The highest BCUT2D eigenvalue weighted by Crippen LogP contribution is 2.54. The van der Waals surface area contributed by atoms with E-state index >= 15 is 0 Å². The number of aliphatic imine (C=N–C) groups is 1. The Labute approximate surface area is 157 Å². The van der Waals surface area contributed by atoms with Crippen LogP contribution in [-0.2, 0) is 18.1 Å². The Balaban J connectivity index is 2.33. The Bertz CT molecular complexity index is 646. The molecule has 1 saturated carbocycles. The van der Waals surface area contributed by atoms with E-state index in [4.69, 9.17) is 13.6 Å². The van der Waals surface area contributed by atoms with Crippen LogP contribution >= 0.6 is 7.82 Å². The summed E-state index contributed by atoms with van der Waals surface area (Å²) in [5.74, 6) is 3.29. The molecule has 6 heteroatoms. The van der Waals surface area contributed by atoms with Crippen LogP contribution in [0.1, 0.15) is 65.4 Å². The second kappa shape index (κ2) is 10.1. The first-order chi connectivity index (χ1) is 12.4. The predicted molar refractivity (Wildman–Crippen MR) is 105 cm³/mol. The van der Waals surface area contributed by atoms with E-state index in [1.807, 2.05) is 30.3 Å². The van der Waals surface area contributed by atoms with Crippen LogP contribution < -0.4 is 0 Å². The van der Waals surface area contributed by atoms with Crippen LogP contribution in [0.5, 0.6) is 0 Å². The van der Waals surface area contributed by atoms with Gasteiger partial charge in [-0.25, -0.2) is 9.56 Å². The number of phosphoric acid groups is 1. The molecule has 0 aromatic heterocycles. The molecule has 1 aliphatic rings. The predicted octanol–water partition coefficient (Wildman–Crippen LogP) is 6.00. The second-order valence-corrected chi connectivity index (χ2v) is 8.57. The summed E-state index contributed by atoms with van der Waals surface area (Å²) in [7, 11) is -3.78. The fourth-order valence-corrected chi connectivity index (χ4v) is 4.32. The SMILES string of the molecule is CC(C)OP(=O)(OC(=C=NC1CCCCC1)c1ccccc1)OC(C)C. The van der Waals surface area contributed by atoms with Crippen molar-refractivity contribution in [2.45, 2.75) is 78.0 Å². The van der Waals surface area contributed by atoms with Crippen LogP contribution in [-0.4, -0.2) is 24.1 Å². The summed E-state index contributed by atoms with van der Waals surface area (Å²) in [6.07, 6.45) is 5.14. The topological polar surface area (TPSA) is 57.1 Å². The Morgan fingerprint density at radius 2 is 1.62 bits per heavy atom. The molecule has 0 heterocycles. The van der Waals surface area contributed by atoms with E-state index in [1.165, 1.54) is 19.3 Å².